The highest BCUT2D eigenvalue weighted by Crippen LogP contribution is 2.63. The Balaban J connectivity index is 1.48. The van der Waals surface area contributed by atoms with Crippen molar-refractivity contribution in [1.29, 1.82) is 0 Å². The first-order valence-electron chi connectivity index (χ1n) is 9.02. The Morgan fingerprint density at radius 3 is 2.45 bits per heavy atom. The molecule has 0 aromatic carbocycles. The number of ether oxygens (including phenoxy) is 1. The van der Waals surface area contributed by atoms with Gasteiger partial charge in [-0.15, -0.1) is 0 Å². The third-order valence-corrected chi connectivity index (χ3v) is 6.66. The number of rotatable bonds is 5. The van der Waals surface area contributed by atoms with Gasteiger partial charge in [0.25, 0.3) is 0 Å². The van der Waals surface area contributed by atoms with Crippen LogP contribution in [0, 0.1) is 16.7 Å². The van der Waals surface area contributed by atoms with E-state index in [1.165, 1.54) is 19.3 Å². The van der Waals surface area contributed by atoms with Crippen molar-refractivity contribution in [3.8, 4) is 0 Å². The van der Waals surface area contributed by atoms with Gasteiger partial charge in [-0.25, -0.2) is 0 Å². The molecule has 0 aromatic heterocycles. The van der Waals surface area contributed by atoms with Crippen molar-refractivity contribution in [2.24, 2.45) is 16.7 Å². The molecular formula is C18H34N2O2. The van der Waals surface area contributed by atoms with E-state index in [2.05, 4.69) is 37.6 Å². The molecule has 4 nitrogen and oxygen atoms in total. The van der Waals surface area contributed by atoms with Crippen LogP contribution in [-0.2, 0) is 4.74 Å². The Labute approximate surface area is 135 Å². The van der Waals surface area contributed by atoms with Gasteiger partial charge in [0.05, 0.1) is 18.8 Å². The molecule has 4 heteroatoms. The van der Waals surface area contributed by atoms with Crippen LogP contribution in [0.2, 0.25) is 0 Å². The van der Waals surface area contributed by atoms with E-state index in [0.717, 1.165) is 38.6 Å². The summed E-state index contributed by atoms with van der Waals surface area (Å²) in [5, 5.41) is 10.4. The number of likely N-dealkylation sites (N-methyl/N-ethyl adjacent to an activating group) is 1. The van der Waals surface area contributed by atoms with E-state index in [0.29, 0.717) is 18.1 Å². The van der Waals surface area contributed by atoms with Crippen molar-refractivity contribution in [3.63, 3.8) is 0 Å². The van der Waals surface area contributed by atoms with E-state index in [1.54, 1.807) is 0 Å². The number of nitrogens with zero attached hydrogens (tertiary/aromatic N) is 2. The zero-order chi connectivity index (χ0) is 16.0. The smallest absolute Gasteiger partial charge is 0.0900 e. The van der Waals surface area contributed by atoms with Gasteiger partial charge in [0, 0.05) is 32.7 Å². The Hall–Kier alpha value is -0.160. The predicted octanol–water partition coefficient (Wildman–Crippen LogP) is 1.83. The van der Waals surface area contributed by atoms with Gasteiger partial charge in [0.1, 0.15) is 0 Å². The number of hydrogen-bond donors (Lipinski definition) is 1. The second-order valence-electron chi connectivity index (χ2n) is 8.89. The molecule has 0 radical (unpaired) electrons. The molecule has 1 aliphatic heterocycles. The molecule has 3 fully saturated rings. The van der Waals surface area contributed by atoms with Gasteiger partial charge in [-0.3, -0.25) is 4.90 Å². The fourth-order valence-electron chi connectivity index (χ4n) is 5.26. The van der Waals surface area contributed by atoms with E-state index >= 15 is 0 Å². The van der Waals surface area contributed by atoms with E-state index < -0.39 is 0 Å². The molecule has 0 spiro atoms. The van der Waals surface area contributed by atoms with Crippen molar-refractivity contribution in [2.75, 3.05) is 46.4 Å². The molecule has 1 heterocycles. The van der Waals surface area contributed by atoms with E-state index in [1.807, 2.05) is 0 Å². The normalized spacial score (nSPS) is 40.2. The molecule has 22 heavy (non-hydrogen) atoms. The first kappa shape index (κ1) is 16.7. The van der Waals surface area contributed by atoms with Crippen LogP contribution in [0.1, 0.15) is 40.0 Å². The summed E-state index contributed by atoms with van der Waals surface area (Å²) in [7, 11) is 2.16. The summed E-state index contributed by atoms with van der Waals surface area (Å²) in [6.07, 6.45) is 3.90. The minimum absolute atomic E-state index is 0.264. The molecule has 2 bridgehead atoms. The molecule has 4 atom stereocenters. The van der Waals surface area contributed by atoms with Crippen LogP contribution in [0.4, 0.5) is 0 Å². The number of aliphatic hydroxyl groups is 1. The van der Waals surface area contributed by atoms with E-state index in [-0.39, 0.29) is 11.5 Å². The molecule has 2 saturated carbocycles. The molecule has 3 rings (SSSR count). The lowest BCUT2D eigenvalue weighted by atomic mass is 9.70. The second kappa shape index (κ2) is 6.04. The molecule has 0 aromatic rings. The first-order chi connectivity index (χ1) is 10.3. The third-order valence-electron chi connectivity index (χ3n) is 6.66. The Morgan fingerprint density at radius 1 is 1.18 bits per heavy atom. The molecule has 1 N–H and O–H groups in total. The molecule has 0 amide bonds. The topological polar surface area (TPSA) is 35.9 Å². The van der Waals surface area contributed by atoms with Gasteiger partial charge < -0.3 is 14.7 Å². The summed E-state index contributed by atoms with van der Waals surface area (Å²) in [5.74, 6) is 0.803. The number of fused-ring (bicyclic) bond motifs is 2. The van der Waals surface area contributed by atoms with Gasteiger partial charge in [-0.1, -0.05) is 20.8 Å². The largest absolute Gasteiger partial charge is 0.389 e. The monoisotopic (exact) mass is 310 g/mol. The highest BCUT2D eigenvalue weighted by molar-refractivity contribution is 5.09. The van der Waals surface area contributed by atoms with Gasteiger partial charge in [0.2, 0.25) is 0 Å². The summed E-state index contributed by atoms with van der Waals surface area (Å²) in [4.78, 5) is 4.71. The maximum atomic E-state index is 10.4. The fraction of sp³-hybridized carbons (Fsp3) is 1.00. The summed E-state index contributed by atoms with van der Waals surface area (Å²) >= 11 is 0. The van der Waals surface area contributed by atoms with E-state index in [9.17, 15) is 5.11 Å². The van der Waals surface area contributed by atoms with Crippen LogP contribution in [0.3, 0.4) is 0 Å². The van der Waals surface area contributed by atoms with E-state index in [4.69, 9.17) is 4.74 Å². The summed E-state index contributed by atoms with van der Waals surface area (Å²) in [6, 6.07) is 0. The summed E-state index contributed by atoms with van der Waals surface area (Å²) < 4.78 is 6.29. The lowest BCUT2D eigenvalue weighted by molar-refractivity contribution is -0.114. The minimum Gasteiger partial charge on any atom is -0.389 e. The number of hydrogen-bond acceptors (Lipinski definition) is 4. The number of piperazine rings is 1. The molecule has 3 aliphatic rings. The lowest BCUT2D eigenvalue weighted by Crippen LogP contribution is -2.48. The zero-order valence-electron chi connectivity index (χ0n) is 14.8. The molecular weight excluding hydrogens is 276 g/mol. The maximum Gasteiger partial charge on any atom is 0.0900 e. The Kier molecular flexibility index (Phi) is 4.59. The van der Waals surface area contributed by atoms with Crippen molar-refractivity contribution in [1.82, 2.24) is 9.80 Å². The van der Waals surface area contributed by atoms with Crippen molar-refractivity contribution in [3.05, 3.63) is 0 Å². The standard InChI is InChI=1S/C18H34N2O2/c1-17(2)14-5-6-18(3,11-14)16(17)22-13-15(21)12-20-9-7-19(4)8-10-20/h14-16,21H,5-13H2,1-4H3. The molecule has 128 valence electrons. The average molecular weight is 310 g/mol. The van der Waals surface area contributed by atoms with Gasteiger partial charge in [0.15, 0.2) is 0 Å². The predicted molar refractivity (Wildman–Crippen MR) is 88.9 cm³/mol. The number of aliphatic hydroxyl groups excluding tert-OH is 1. The minimum atomic E-state index is -0.359. The molecule has 4 unspecified atom stereocenters. The highest BCUT2D eigenvalue weighted by atomic mass is 16.5. The molecule has 1 saturated heterocycles. The van der Waals surface area contributed by atoms with Crippen molar-refractivity contribution >= 4 is 0 Å². The van der Waals surface area contributed by atoms with Gasteiger partial charge >= 0.3 is 0 Å². The zero-order valence-corrected chi connectivity index (χ0v) is 14.8. The van der Waals surface area contributed by atoms with Crippen molar-refractivity contribution in [2.45, 2.75) is 52.2 Å². The van der Waals surface area contributed by atoms with Crippen LogP contribution >= 0.6 is 0 Å². The van der Waals surface area contributed by atoms with Gasteiger partial charge in [-0.2, -0.15) is 0 Å². The van der Waals surface area contributed by atoms with Crippen LogP contribution in [-0.4, -0.2) is 73.5 Å². The SMILES string of the molecule is CN1CCN(CC(O)COC2C3(C)CCC(C3)C2(C)C)CC1. The quantitative estimate of drug-likeness (QED) is 0.840. The van der Waals surface area contributed by atoms with Crippen LogP contribution in [0.5, 0.6) is 0 Å². The maximum absolute atomic E-state index is 10.4. The number of β-amino-alcohol motifs (C(OH)–C–C–N with tert-alkyl or cyclic N) is 1. The van der Waals surface area contributed by atoms with Crippen LogP contribution in [0.25, 0.3) is 0 Å². The Bertz CT molecular complexity index is 388. The summed E-state index contributed by atoms with van der Waals surface area (Å²) in [5.41, 5.74) is 0.599. The van der Waals surface area contributed by atoms with Crippen LogP contribution < -0.4 is 0 Å². The lowest BCUT2D eigenvalue weighted by Gasteiger charge is -2.43. The average Bonchev–Trinajstić information content (AvgIpc) is 2.92. The second-order valence-corrected chi connectivity index (χ2v) is 8.89. The third kappa shape index (κ3) is 3.08. The molecule has 2 aliphatic carbocycles. The first-order valence-corrected chi connectivity index (χ1v) is 9.02. The van der Waals surface area contributed by atoms with Crippen LogP contribution in [0.15, 0.2) is 0 Å². The highest BCUT2D eigenvalue weighted by Gasteiger charge is 2.60. The fourth-order valence-corrected chi connectivity index (χ4v) is 5.26. The summed E-state index contributed by atoms with van der Waals surface area (Å²) in [6.45, 7) is 12.7. The van der Waals surface area contributed by atoms with Gasteiger partial charge in [-0.05, 0) is 43.1 Å². The Morgan fingerprint density at radius 2 is 1.86 bits per heavy atom. The van der Waals surface area contributed by atoms with Crippen molar-refractivity contribution < 1.29 is 9.84 Å².